The molecule has 0 bridgehead atoms. The third kappa shape index (κ3) is 1.87. The van der Waals surface area contributed by atoms with Crippen molar-refractivity contribution in [3.8, 4) is 0 Å². The number of nitrogens with zero attached hydrogens (tertiary/aromatic N) is 1. The molecule has 1 aromatic heterocycles. The van der Waals surface area contributed by atoms with Gasteiger partial charge in [-0.1, -0.05) is 6.07 Å². The van der Waals surface area contributed by atoms with Crippen molar-refractivity contribution >= 4 is 0 Å². The summed E-state index contributed by atoms with van der Waals surface area (Å²) in [7, 11) is 0. The number of ether oxygens (including phenoxy) is 1. The zero-order chi connectivity index (χ0) is 10.8. The van der Waals surface area contributed by atoms with Gasteiger partial charge < -0.3 is 20.1 Å². The molecule has 0 saturated carbocycles. The fraction of sp³-hybridized carbons (Fsp3) is 0.500. The monoisotopic (exact) mass is 212 g/mol. The van der Waals surface area contributed by atoms with Crippen LogP contribution in [-0.4, -0.2) is 40.2 Å². The summed E-state index contributed by atoms with van der Waals surface area (Å²) in [6.45, 7) is -0.303. The van der Waals surface area contributed by atoms with Crippen LogP contribution in [0.25, 0.3) is 0 Å². The van der Waals surface area contributed by atoms with E-state index in [1.807, 2.05) is 6.07 Å². The molecular weight excluding hydrogens is 198 g/mol. The fourth-order valence-electron chi connectivity index (χ4n) is 1.71. The van der Waals surface area contributed by atoms with Crippen LogP contribution < -0.4 is 4.57 Å². The molecule has 3 N–H and O–H groups in total. The molecule has 1 unspecified atom stereocenters. The highest BCUT2D eigenvalue weighted by molar-refractivity contribution is 4.87. The van der Waals surface area contributed by atoms with Gasteiger partial charge in [-0.05, 0) is 0 Å². The van der Waals surface area contributed by atoms with Crippen LogP contribution in [0.5, 0.6) is 0 Å². The van der Waals surface area contributed by atoms with E-state index in [1.165, 1.54) is 0 Å². The van der Waals surface area contributed by atoms with Gasteiger partial charge in [0, 0.05) is 12.1 Å². The van der Waals surface area contributed by atoms with Crippen LogP contribution >= 0.6 is 0 Å². The Bertz CT molecular complexity index is 318. The van der Waals surface area contributed by atoms with Gasteiger partial charge in [0.25, 0.3) is 6.23 Å². The first-order valence-electron chi connectivity index (χ1n) is 4.82. The second-order valence-electron chi connectivity index (χ2n) is 3.55. The second kappa shape index (κ2) is 4.24. The molecule has 0 spiro atoms. The lowest BCUT2D eigenvalue weighted by atomic mass is 10.1. The van der Waals surface area contributed by atoms with Crippen LogP contribution in [0.3, 0.4) is 0 Å². The van der Waals surface area contributed by atoms with E-state index in [4.69, 9.17) is 9.84 Å². The lowest BCUT2D eigenvalue weighted by Crippen LogP contribution is -2.45. The number of rotatable bonds is 2. The Kier molecular flexibility index (Phi) is 2.97. The summed E-state index contributed by atoms with van der Waals surface area (Å²) >= 11 is 0. The second-order valence-corrected chi connectivity index (χ2v) is 3.55. The third-order valence-electron chi connectivity index (χ3n) is 2.55. The fourth-order valence-corrected chi connectivity index (χ4v) is 1.71. The van der Waals surface area contributed by atoms with Crippen LogP contribution in [0.4, 0.5) is 0 Å². The zero-order valence-electron chi connectivity index (χ0n) is 8.10. The van der Waals surface area contributed by atoms with Crippen LogP contribution in [0.15, 0.2) is 30.6 Å². The SMILES string of the molecule is OC[C@H]1OC([n+]2ccccc2)[C@H](O)[C@@H]1O. The van der Waals surface area contributed by atoms with Crippen LogP contribution in [0, 0.1) is 0 Å². The normalized spacial score (nSPS) is 35.7. The number of pyridine rings is 1. The van der Waals surface area contributed by atoms with Gasteiger partial charge in [0.1, 0.15) is 12.2 Å². The summed E-state index contributed by atoms with van der Waals surface area (Å²) in [6, 6.07) is 5.45. The van der Waals surface area contributed by atoms with Gasteiger partial charge in [-0.15, -0.1) is 0 Å². The standard InChI is InChI=1S/C10H14NO4/c12-6-7-8(13)9(14)10(15-7)11-4-2-1-3-5-11/h1-5,7-10,12-14H,6H2/q+1/t7-,8-,9-,10?/m1/s1. The molecule has 0 amide bonds. The average Bonchev–Trinajstić information content (AvgIpc) is 2.57. The number of hydrogen-bond donors (Lipinski definition) is 3. The molecule has 2 rings (SSSR count). The quantitative estimate of drug-likeness (QED) is 0.526. The van der Waals surface area contributed by atoms with Crippen molar-refractivity contribution in [1.29, 1.82) is 0 Å². The Labute approximate surface area is 87.2 Å². The van der Waals surface area contributed by atoms with E-state index in [-0.39, 0.29) is 6.61 Å². The maximum atomic E-state index is 9.71. The predicted octanol–water partition coefficient (Wildman–Crippen LogP) is -1.41. The van der Waals surface area contributed by atoms with Gasteiger partial charge in [0.15, 0.2) is 18.5 Å². The molecule has 15 heavy (non-hydrogen) atoms. The van der Waals surface area contributed by atoms with Crippen molar-refractivity contribution < 1.29 is 24.6 Å². The van der Waals surface area contributed by atoms with E-state index in [0.29, 0.717) is 0 Å². The van der Waals surface area contributed by atoms with Gasteiger partial charge in [-0.3, -0.25) is 0 Å². The molecule has 5 nitrogen and oxygen atoms in total. The van der Waals surface area contributed by atoms with E-state index >= 15 is 0 Å². The van der Waals surface area contributed by atoms with Crippen LogP contribution in [0.1, 0.15) is 6.23 Å². The van der Waals surface area contributed by atoms with Crippen molar-refractivity contribution in [2.24, 2.45) is 0 Å². The van der Waals surface area contributed by atoms with Crippen LogP contribution in [-0.2, 0) is 4.74 Å². The van der Waals surface area contributed by atoms with E-state index < -0.39 is 24.5 Å². The predicted molar refractivity (Wildman–Crippen MR) is 49.6 cm³/mol. The van der Waals surface area contributed by atoms with E-state index in [1.54, 1.807) is 29.1 Å². The number of hydrogen-bond acceptors (Lipinski definition) is 4. The lowest BCUT2D eigenvalue weighted by molar-refractivity contribution is -0.765. The molecule has 82 valence electrons. The first-order valence-corrected chi connectivity index (χ1v) is 4.82. The summed E-state index contributed by atoms with van der Waals surface area (Å²) in [4.78, 5) is 0. The lowest BCUT2D eigenvalue weighted by Gasteiger charge is -2.09. The van der Waals surface area contributed by atoms with E-state index in [0.717, 1.165) is 0 Å². The van der Waals surface area contributed by atoms with Gasteiger partial charge >= 0.3 is 0 Å². The summed E-state index contributed by atoms with van der Waals surface area (Å²) < 4.78 is 6.99. The van der Waals surface area contributed by atoms with Gasteiger partial charge in [0.05, 0.1) is 6.61 Å². The average molecular weight is 212 g/mol. The highest BCUT2D eigenvalue weighted by Crippen LogP contribution is 2.24. The van der Waals surface area contributed by atoms with Gasteiger partial charge in [-0.2, -0.15) is 4.57 Å². The Morgan fingerprint density at radius 2 is 1.73 bits per heavy atom. The molecule has 2 heterocycles. The number of aliphatic hydroxyl groups excluding tert-OH is 3. The summed E-state index contributed by atoms with van der Waals surface area (Å²) in [5.41, 5.74) is 0. The van der Waals surface area contributed by atoms with Gasteiger partial charge in [0.2, 0.25) is 0 Å². The summed E-state index contributed by atoms with van der Waals surface area (Å²) in [5.74, 6) is 0. The maximum absolute atomic E-state index is 9.71. The minimum atomic E-state index is -1.05. The molecular formula is C10H14NO4+. The van der Waals surface area contributed by atoms with E-state index in [9.17, 15) is 10.2 Å². The molecule has 1 aromatic rings. The number of aliphatic hydroxyl groups is 3. The van der Waals surface area contributed by atoms with Crippen molar-refractivity contribution in [3.05, 3.63) is 30.6 Å². The molecule has 1 fully saturated rings. The van der Waals surface area contributed by atoms with Crippen molar-refractivity contribution in [3.63, 3.8) is 0 Å². The summed E-state index contributed by atoms with van der Waals surface area (Å²) in [6.07, 6.45) is 0.0408. The molecule has 0 aromatic carbocycles. The first-order chi connectivity index (χ1) is 7.24. The summed E-state index contributed by atoms with van der Waals surface area (Å²) in [5, 5.41) is 28.2. The molecule has 4 atom stereocenters. The first kappa shape index (κ1) is 10.5. The maximum Gasteiger partial charge on any atom is 0.292 e. The molecule has 1 aliphatic rings. The highest BCUT2D eigenvalue weighted by atomic mass is 16.6. The minimum Gasteiger partial charge on any atom is -0.394 e. The van der Waals surface area contributed by atoms with Gasteiger partial charge in [-0.25, -0.2) is 0 Å². The smallest absolute Gasteiger partial charge is 0.292 e. The Balaban J connectivity index is 2.19. The molecule has 1 aliphatic heterocycles. The Hall–Kier alpha value is -1.01. The zero-order valence-corrected chi connectivity index (χ0v) is 8.10. The highest BCUT2D eigenvalue weighted by Gasteiger charge is 2.47. The molecule has 1 saturated heterocycles. The van der Waals surface area contributed by atoms with Crippen molar-refractivity contribution in [2.45, 2.75) is 24.5 Å². The number of aromatic nitrogens is 1. The molecule has 0 aliphatic carbocycles. The van der Waals surface area contributed by atoms with E-state index in [2.05, 4.69) is 0 Å². The van der Waals surface area contributed by atoms with Crippen LogP contribution in [0.2, 0.25) is 0 Å². The topological polar surface area (TPSA) is 73.8 Å². The molecule has 0 radical (unpaired) electrons. The molecule has 5 heteroatoms. The van der Waals surface area contributed by atoms with Crippen molar-refractivity contribution in [2.75, 3.05) is 6.61 Å². The minimum absolute atomic E-state index is 0.303. The largest absolute Gasteiger partial charge is 0.394 e. The Morgan fingerprint density at radius 3 is 2.27 bits per heavy atom. The van der Waals surface area contributed by atoms with Crippen molar-refractivity contribution in [1.82, 2.24) is 0 Å². The Morgan fingerprint density at radius 1 is 1.07 bits per heavy atom. The third-order valence-corrected chi connectivity index (χ3v) is 2.55.